The van der Waals surface area contributed by atoms with Crippen LogP contribution in [0, 0.1) is 5.92 Å². The number of carbonyl (C=O) groups excluding carboxylic acids is 2. The van der Waals surface area contributed by atoms with Crippen molar-refractivity contribution in [2.45, 2.75) is 83.8 Å². The zero-order chi connectivity index (χ0) is 18.5. The molecule has 2 fully saturated rings. The second-order valence-electron chi connectivity index (χ2n) is 8.10. The highest BCUT2D eigenvalue weighted by atomic mass is 16.2. The molecular formula is C19H31N5O2. The third-order valence-electron chi connectivity index (χ3n) is 5.49. The number of nitrogens with one attached hydrogen (secondary N) is 1. The summed E-state index contributed by atoms with van der Waals surface area (Å²) in [5.41, 5.74) is 0.368. The highest BCUT2D eigenvalue weighted by Gasteiger charge is 2.29. The van der Waals surface area contributed by atoms with Gasteiger partial charge in [-0.3, -0.25) is 9.59 Å². The summed E-state index contributed by atoms with van der Waals surface area (Å²) in [6.45, 7) is 5.72. The van der Waals surface area contributed by atoms with Crippen molar-refractivity contribution in [2.75, 3.05) is 6.54 Å². The zero-order valence-electron chi connectivity index (χ0n) is 16.0. The molecule has 1 atom stereocenters. The number of aromatic nitrogens is 3. The van der Waals surface area contributed by atoms with Crippen molar-refractivity contribution in [3.05, 3.63) is 11.9 Å². The SMILES string of the molecule is CC(C)CCC(=O)N1CCCC1Cn1cc(C(=O)NC2CCCC2)nn1. The molecule has 1 aliphatic heterocycles. The summed E-state index contributed by atoms with van der Waals surface area (Å²) in [7, 11) is 0. The number of nitrogens with zero attached hydrogens (tertiary/aromatic N) is 4. The first-order chi connectivity index (χ1) is 12.5. The predicted molar refractivity (Wildman–Crippen MR) is 98.6 cm³/mol. The van der Waals surface area contributed by atoms with Crippen LogP contribution in [0.5, 0.6) is 0 Å². The van der Waals surface area contributed by atoms with E-state index in [1.54, 1.807) is 10.9 Å². The average Bonchev–Trinajstić information content (AvgIpc) is 3.34. The van der Waals surface area contributed by atoms with Crippen LogP contribution in [0.25, 0.3) is 0 Å². The van der Waals surface area contributed by atoms with Gasteiger partial charge in [-0.2, -0.15) is 0 Å². The monoisotopic (exact) mass is 361 g/mol. The molecular weight excluding hydrogens is 330 g/mol. The lowest BCUT2D eigenvalue weighted by Crippen LogP contribution is -2.38. The van der Waals surface area contributed by atoms with Gasteiger partial charge in [0.15, 0.2) is 5.69 Å². The van der Waals surface area contributed by atoms with Gasteiger partial charge in [-0.15, -0.1) is 5.10 Å². The van der Waals surface area contributed by atoms with Gasteiger partial charge >= 0.3 is 0 Å². The number of hydrogen-bond donors (Lipinski definition) is 1. The summed E-state index contributed by atoms with van der Waals surface area (Å²) in [6, 6.07) is 0.429. The maximum Gasteiger partial charge on any atom is 0.273 e. The van der Waals surface area contributed by atoms with E-state index in [0.29, 0.717) is 24.6 Å². The Morgan fingerprint density at radius 2 is 2.00 bits per heavy atom. The molecule has 1 aromatic heterocycles. The van der Waals surface area contributed by atoms with Crippen LogP contribution in [0.2, 0.25) is 0 Å². The van der Waals surface area contributed by atoms with Gasteiger partial charge in [0.1, 0.15) is 0 Å². The third-order valence-corrected chi connectivity index (χ3v) is 5.49. The van der Waals surface area contributed by atoms with E-state index < -0.39 is 0 Å². The van der Waals surface area contributed by atoms with E-state index in [4.69, 9.17) is 0 Å². The molecule has 2 amide bonds. The molecule has 1 aromatic rings. The summed E-state index contributed by atoms with van der Waals surface area (Å²) in [6.07, 6.45) is 9.72. The molecule has 1 saturated heterocycles. The van der Waals surface area contributed by atoms with Gasteiger partial charge in [0, 0.05) is 19.0 Å². The molecule has 0 radical (unpaired) electrons. The fourth-order valence-electron chi connectivity index (χ4n) is 3.95. The number of hydrogen-bond acceptors (Lipinski definition) is 4. The average molecular weight is 361 g/mol. The first-order valence-corrected chi connectivity index (χ1v) is 10.0. The number of likely N-dealkylation sites (tertiary alicyclic amines) is 1. The van der Waals surface area contributed by atoms with Crippen LogP contribution in [0.4, 0.5) is 0 Å². The molecule has 0 spiro atoms. The second kappa shape index (κ2) is 8.64. The lowest BCUT2D eigenvalue weighted by molar-refractivity contribution is -0.132. The minimum atomic E-state index is -0.139. The van der Waals surface area contributed by atoms with Crippen LogP contribution >= 0.6 is 0 Å². The Hall–Kier alpha value is -1.92. The van der Waals surface area contributed by atoms with E-state index in [-0.39, 0.29) is 23.9 Å². The summed E-state index contributed by atoms with van der Waals surface area (Å²) in [5, 5.41) is 11.2. The molecule has 1 aliphatic carbocycles. The standard InChI is InChI=1S/C19H31N5O2/c1-14(2)9-10-18(25)24-11-5-8-16(24)12-23-13-17(21-22-23)19(26)20-15-6-3-4-7-15/h13-16H,3-12H2,1-2H3,(H,20,26). The van der Waals surface area contributed by atoms with Crippen molar-refractivity contribution in [3.63, 3.8) is 0 Å². The fourth-order valence-corrected chi connectivity index (χ4v) is 3.95. The Morgan fingerprint density at radius 1 is 1.23 bits per heavy atom. The molecule has 1 N–H and O–H groups in total. The van der Waals surface area contributed by atoms with Gasteiger partial charge in [-0.05, 0) is 38.0 Å². The number of amides is 2. The summed E-state index contributed by atoms with van der Waals surface area (Å²) in [5.74, 6) is 0.635. The quantitative estimate of drug-likeness (QED) is 0.808. The molecule has 26 heavy (non-hydrogen) atoms. The molecule has 7 heteroatoms. The molecule has 2 aliphatic rings. The molecule has 0 aromatic carbocycles. The molecule has 1 saturated carbocycles. The van der Waals surface area contributed by atoms with Crippen molar-refractivity contribution < 1.29 is 9.59 Å². The number of rotatable bonds is 7. The van der Waals surface area contributed by atoms with Gasteiger partial charge in [-0.25, -0.2) is 4.68 Å². The minimum absolute atomic E-state index is 0.139. The van der Waals surface area contributed by atoms with Crippen LogP contribution in [0.3, 0.4) is 0 Å². The van der Waals surface area contributed by atoms with Crippen molar-refractivity contribution in [3.8, 4) is 0 Å². The smallest absolute Gasteiger partial charge is 0.273 e. The van der Waals surface area contributed by atoms with E-state index in [1.165, 1.54) is 12.8 Å². The maximum absolute atomic E-state index is 12.5. The van der Waals surface area contributed by atoms with E-state index in [1.807, 2.05) is 4.90 Å². The Kier molecular flexibility index (Phi) is 6.27. The molecule has 144 valence electrons. The topological polar surface area (TPSA) is 80.1 Å². The third kappa shape index (κ3) is 4.83. The first-order valence-electron chi connectivity index (χ1n) is 10.0. The lowest BCUT2D eigenvalue weighted by Gasteiger charge is -2.25. The lowest BCUT2D eigenvalue weighted by atomic mass is 10.1. The van der Waals surface area contributed by atoms with Crippen LogP contribution in [-0.4, -0.2) is 50.3 Å². The number of carbonyl (C=O) groups is 2. The van der Waals surface area contributed by atoms with Crippen molar-refractivity contribution in [2.24, 2.45) is 5.92 Å². The van der Waals surface area contributed by atoms with Gasteiger partial charge < -0.3 is 10.2 Å². The summed E-state index contributed by atoms with van der Waals surface area (Å²) < 4.78 is 1.71. The Morgan fingerprint density at radius 3 is 2.73 bits per heavy atom. The first kappa shape index (κ1) is 18.9. The van der Waals surface area contributed by atoms with Crippen molar-refractivity contribution in [1.82, 2.24) is 25.2 Å². The molecule has 0 bridgehead atoms. The van der Waals surface area contributed by atoms with Gasteiger partial charge in [0.2, 0.25) is 5.91 Å². The van der Waals surface area contributed by atoms with Crippen LogP contribution < -0.4 is 5.32 Å². The molecule has 7 nitrogen and oxygen atoms in total. The molecule has 3 rings (SSSR count). The zero-order valence-corrected chi connectivity index (χ0v) is 16.0. The van der Waals surface area contributed by atoms with Crippen molar-refractivity contribution in [1.29, 1.82) is 0 Å². The van der Waals surface area contributed by atoms with Gasteiger partial charge in [0.05, 0.1) is 18.8 Å². The van der Waals surface area contributed by atoms with E-state index in [9.17, 15) is 9.59 Å². The van der Waals surface area contributed by atoms with Gasteiger partial charge in [-0.1, -0.05) is 31.9 Å². The largest absolute Gasteiger partial charge is 0.348 e. The summed E-state index contributed by atoms with van der Waals surface area (Å²) in [4.78, 5) is 26.7. The van der Waals surface area contributed by atoms with E-state index >= 15 is 0 Å². The molecule has 1 unspecified atom stereocenters. The van der Waals surface area contributed by atoms with Gasteiger partial charge in [0.25, 0.3) is 5.91 Å². The van der Waals surface area contributed by atoms with E-state index in [2.05, 4.69) is 29.5 Å². The van der Waals surface area contributed by atoms with E-state index in [0.717, 1.165) is 38.6 Å². The highest BCUT2D eigenvalue weighted by molar-refractivity contribution is 5.92. The second-order valence-corrected chi connectivity index (χ2v) is 8.10. The maximum atomic E-state index is 12.5. The normalized spacial score (nSPS) is 20.9. The summed E-state index contributed by atoms with van der Waals surface area (Å²) >= 11 is 0. The fraction of sp³-hybridized carbons (Fsp3) is 0.789. The highest BCUT2D eigenvalue weighted by Crippen LogP contribution is 2.21. The Bertz CT molecular complexity index is 621. The Labute approximate surface area is 155 Å². The van der Waals surface area contributed by atoms with Crippen molar-refractivity contribution >= 4 is 11.8 Å². The predicted octanol–water partition coefficient (Wildman–Crippen LogP) is 2.38. The molecule has 2 heterocycles. The van der Waals surface area contributed by atoms with Crippen LogP contribution in [-0.2, 0) is 11.3 Å². The minimum Gasteiger partial charge on any atom is -0.348 e. The Balaban J connectivity index is 1.54. The van der Waals surface area contributed by atoms with Crippen LogP contribution in [0.1, 0.15) is 75.7 Å². The van der Waals surface area contributed by atoms with Crippen LogP contribution in [0.15, 0.2) is 6.20 Å².